The summed E-state index contributed by atoms with van der Waals surface area (Å²) in [5.74, 6) is -0.269. The highest BCUT2D eigenvalue weighted by Gasteiger charge is 2.11. The number of esters is 1. The minimum absolute atomic E-state index is 0.269. The van der Waals surface area contributed by atoms with Gasteiger partial charge < -0.3 is 10.1 Å². The van der Waals surface area contributed by atoms with E-state index in [9.17, 15) is 4.79 Å². The number of hydrogen-bond donors (Lipinski definition) is 1. The van der Waals surface area contributed by atoms with Crippen LogP contribution in [-0.4, -0.2) is 19.1 Å². The fourth-order valence-corrected chi connectivity index (χ4v) is 2.10. The van der Waals surface area contributed by atoms with Crippen LogP contribution in [0, 0.1) is 0 Å². The first-order valence-corrected chi connectivity index (χ1v) is 8.33. The van der Waals surface area contributed by atoms with E-state index in [1.807, 2.05) is 57.2 Å². The third-order valence-electron chi connectivity index (χ3n) is 3.16. The Morgan fingerprint density at radius 1 is 1.22 bits per heavy atom. The molecule has 0 radical (unpaired) electrons. The first-order valence-electron chi connectivity index (χ1n) is 8.33. The van der Waals surface area contributed by atoms with Crippen LogP contribution >= 0.6 is 0 Å². The van der Waals surface area contributed by atoms with Gasteiger partial charge in [-0.25, -0.2) is 4.79 Å². The molecule has 0 atom stereocenters. The van der Waals surface area contributed by atoms with E-state index in [1.54, 1.807) is 0 Å². The molecule has 0 bridgehead atoms. The van der Waals surface area contributed by atoms with Gasteiger partial charge in [-0.05, 0) is 37.5 Å². The van der Waals surface area contributed by atoms with Gasteiger partial charge in [0, 0.05) is 12.2 Å². The summed E-state index contributed by atoms with van der Waals surface area (Å²) < 4.78 is 5.13. The largest absolute Gasteiger partial charge is 0.463 e. The van der Waals surface area contributed by atoms with E-state index in [4.69, 9.17) is 4.74 Å². The minimum Gasteiger partial charge on any atom is -0.463 e. The average molecular weight is 313 g/mol. The third kappa shape index (κ3) is 7.00. The summed E-state index contributed by atoms with van der Waals surface area (Å²) in [5, 5.41) is 3.29. The summed E-state index contributed by atoms with van der Waals surface area (Å²) in [7, 11) is 0. The zero-order chi connectivity index (χ0) is 16.9. The molecule has 1 aliphatic rings. The van der Waals surface area contributed by atoms with Crippen LogP contribution in [-0.2, 0) is 9.53 Å². The molecule has 1 aromatic rings. The van der Waals surface area contributed by atoms with Gasteiger partial charge in [-0.3, -0.25) is 0 Å². The molecule has 1 aliphatic carbocycles. The molecule has 0 spiro atoms. The van der Waals surface area contributed by atoms with Gasteiger partial charge in [-0.15, -0.1) is 0 Å². The van der Waals surface area contributed by atoms with Crippen molar-refractivity contribution >= 4 is 12.0 Å². The lowest BCUT2D eigenvalue weighted by molar-refractivity contribution is -0.138. The first-order chi connectivity index (χ1) is 11.3. The minimum atomic E-state index is -0.269. The number of benzene rings is 1. The van der Waals surface area contributed by atoms with E-state index in [2.05, 4.69) is 23.5 Å². The number of rotatable bonds is 6. The van der Waals surface area contributed by atoms with Crippen molar-refractivity contribution in [1.82, 2.24) is 5.32 Å². The highest BCUT2D eigenvalue weighted by molar-refractivity contribution is 5.94. The van der Waals surface area contributed by atoms with Crippen molar-refractivity contribution in [2.45, 2.75) is 33.6 Å². The Bertz CT molecular complexity index is 556. The molecule has 3 heteroatoms. The number of nitrogens with one attached hydrogen (secondary N) is 1. The molecule has 0 saturated carbocycles. The summed E-state index contributed by atoms with van der Waals surface area (Å²) >= 11 is 0. The summed E-state index contributed by atoms with van der Waals surface area (Å²) in [6, 6.07) is 9.80. The zero-order valence-electron chi connectivity index (χ0n) is 14.3. The van der Waals surface area contributed by atoms with Crippen LogP contribution in [0.2, 0.25) is 0 Å². The monoisotopic (exact) mass is 313 g/mol. The molecule has 0 aromatic heterocycles. The predicted octanol–water partition coefficient (Wildman–Crippen LogP) is 4.48. The average Bonchev–Trinajstić information content (AvgIpc) is 2.62. The van der Waals surface area contributed by atoms with E-state index < -0.39 is 0 Å². The Kier molecular flexibility index (Phi) is 9.22. The van der Waals surface area contributed by atoms with Gasteiger partial charge in [-0.1, -0.05) is 56.3 Å². The zero-order valence-corrected chi connectivity index (χ0v) is 14.3. The molecule has 0 saturated heterocycles. The lowest BCUT2D eigenvalue weighted by Crippen LogP contribution is -2.22. The van der Waals surface area contributed by atoms with Gasteiger partial charge >= 0.3 is 5.97 Å². The second-order valence-corrected chi connectivity index (χ2v) is 4.79. The molecule has 1 N–H and O–H groups in total. The Hall–Kier alpha value is -2.29. The number of carbonyl (C=O) groups is 1. The maximum absolute atomic E-state index is 12.1. The Balaban J connectivity index is 0.00000127. The van der Waals surface area contributed by atoms with Crippen LogP contribution in [0.3, 0.4) is 0 Å². The molecule has 0 amide bonds. The molecule has 0 fully saturated rings. The molecule has 1 aromatic carbocycles. The van der Waals surface area contributed by atoms with Crippen LogP contribution in [0.25, 0.3) is 6.08 Å². The molecule has 23 heavy (non-hydrogen) atoms. The van der Waals surface area contributed by atoms with Crippen molar-refractivity contribution in [3.63, 3.8) is 0 Å². The normalized spacial score (nSPS) is 13.5. The van der Waals surface area contributed by atoms with Crippen LogP contribution in [0.1, 0.15) is 39.2 Å². The van der Waals surface area contributed by atoms with Crippen molar-refractivity contribution in [2.24, 2.45) is 0 Å². The molecule has 0 heterocycles. The molecule has 0 aliphatic heterocycles. The number of hydrogen-bond acceptors (Lipinski definition) is 3. The van der Waals surface area contributed by atoms with Gasteiger partial charge in [0.1, 0.15) is 0 Å². The second kappa shape index (κ2) is 11.3. The summed E-state index contributed by atoms with van der Waals surface area (Å²) in [5.41, 5.74) is 2.68. The van der Waals surface area contributed by atoms with Gasteiger partial charge in [-0.2, -0.15) is 0 Å². The molecule has 124 valence electrons. The maximum atomic E-state index is 12.1. The van der Waals surface area contributed by atoms with Gasteiger partial charge in [0.15, 0.2) is 0 Å². The van der Waals surface area contributed by atoms with Crippen molar-refractivity contribution in [2.75, 3.05) is 13.2 Å². The van der Waals surface area contributed by atoms with E-state index in [-0.39, 0.29) is 5.97 Å². The Labute approximate surface area is 139 Å². The Morgan fingerprint density at radius 2 is 1.96 bits per heavy atom. The van der Waals surface area contributed by atoms with Crippen LogP contribution < -0.4 is 5.32 Å². The number of allylic oxidation sites excluding steroid dienone is 3. The van der Waals surface area contributed by atoms with Crippen molar-refractivity contribution in [3.8, 4) is 0 Å². The highest BCUT2D eigenvalue weighted by atomic mass is 16.5. The summed E-state index contributed by atoms with van der Waals surface area (Å²) in [6.07, 6.45) is 10.3. The fourth-order valence-electron chi connectivity index (χ4n) is 2.10. The van der Waals surface area contributed by atoms with Crippen molar-refractivity contribution in [1.29, 1.82) is 0 Å². The van der Waals surface area contributed by atoms with Crippen LogP contribution in [0.5, 0.6) is 0 Å². The van der Waals surface area contributed by atoms with E-state index in [1.165, 1.54) is 0 Å². The van der Waals surface area contributed by atoms with Gasteiger partial charge in [0.05, 0.1) is 12.2 Å². The van der Waals surface area contributed by atoms with Crippen LogP contribution in [0.15, 0.2) is 59.8 Å². The molecular weight excluding hydrogens is 286 g/mol. The lowest BCUT2D eigenvalue weighted by atomic mass is 10.1. The number of ether oxygens (including phenoxy) is 1. The highest BCUT2D eigenvalue weighted by Crippen LogP contribution is 2.10. The molecular formula is C20H27NO2. The maximum Gasteiger partial charge on any atom is 0.335 e. The van der Waals surface area contributed by atoms with E-state index >= 15 is 0 Å². The van der Waals surface area contributed by atoms with Crippen molar-refractivity contribution in [3.05, 3.63) is 65.4 Å². The van der Waals surface area contributed by atoms with Gasteiger partial charge in [0.2, 0.25) is 0 Å². The quantitative estimate of drug-likeness (QED) is 0.621. The predicted molar refractivity (Wildman–Crippen MR) is 96.9 cm³/mol. The standard InChI is InChI=1S/C18H21NO2.C2H6/c1-2-21-18(20)16(13-15-9-5-3-6-10-15)14-19-17-11-7-4-8-12-17;1-2/h3,5-7,9-13,19H,2,4,8,14H2,1H3;1-2H3/b16-13+;. The van der Waals surface area contributed by atoms with Gasteiger partial charge in [0.25, 0.3) is 0 Å². The van der Waals surface area contributed by atoms with E-state index in [0.29, 0.717) is 18.7 Å². The molecule has 2 rings (SSSR count). The summed E-state index contributed by atoms with van der Waals surface area (Å²) in [4.78, 5) is 12.1. The lowest BCUT2D eigenvalue weighted by Gasteiger charge is -2.12. The van der Waals surface area contributed by atoms with Crippen LogP contribution in [0.4, 0.5) is 0 Å². The van der Waals surface area contributed by atoms with E-state index in [0.717, 1.165) is 24.1 Å². The topological polar surface area (TPSA) is 38.3 Å². The first kappa shape index (κ1) is 18.8. The number of carbonyl (C=O) groups excluding carboxylic acids is 1. The Morgan fingerprint density at radius 3 is 2.57 bits per heavy atom. The smallest absolute Gasteiger partial charge is 0.335 e. The molecule has 0 unspecified atom stereocenters. The third-order valence-corrected chi connectivity index (χ3v) is 3.16. The van der Waals surface area contributed by atoms with Crippen molar-refractivity contribution < 1.29 is 9.53 Å². The summed E-state index contributed by atoms with van der Waals surface area (Å²) in [6.45, 7) is 6.66. The molecule has 3 nitrogen and oxygen atoms in total. The second-order valence-electron chi connectivity index (χ2n) is 4.79. The SMILES string of the molecule is CC.CCOC(=O)/C(=C/c1ccccc1)CNC1=CCCC=C1. The fraction of sp³-hybridized carbons (Fsp3) is 0.350.